The lowest BCUT2D eigenvalue weighted by molar-refractivity contribution is -0.149. The van der Waals surface area contributed by atoms with E-state index in [-0.39, 0.29) is 46.3 Å². The van der Waals surface area contributed by atoms with Gasteiger partial charge in [-0.25, -0.2) is 4.98 Å². The number of amides is 1. The van der Waals surface area contributed by atoms with Crippen LogP contribution >= 0.6 is 0 Å². The van der Waals surface area contributed by atoms with Gasteiger partial charge in [-0.3, -0.25) is 24.2 Å². The summed E-state index contributed by atoms with van der Waals surface area (Å²) < 4.78 is 8.25. The first kappa shape index (κ1) is 24.4. The van der Waals surface area contributed by atoms with Gasteiger partial charge in [-0.1, -0.05) is 36.4 Å². The highest BCUT2D eigenvalue weighted by Gasteiger charge is 2.30. The minimum atomic E-state index is -0.329. The summed E-state index contributed by atoms with van der Waals surface area (Å²) in [4.78, 5) is 45.8. The highest BCUT2D eigenvalue weighted by molar-refractivity contribution is 5.97. The monoisotopic (exact) mass is 499 g/mol. The number of ether oxygens (including phenoxy) is 1. The standard InChI is InChI=1S/C28H29N5O4/c1-3-37-28(36)20-11-14-31(15-12-20)26(34)21-16-22-25(30-24-18(2)8-7-13-32(24)27(22)35)33(23(21)29)17-19-9-5-4-6-10-19/h4-10,13,16,20,29H,3,11-12,14-15,17H2,1-2H3. The summed E-state index contributed by atoms with van der Waals surface area (Å²) in [5, 5.41) is 9.29. The maximum Gasteiger partial charge on any atom is 0.309 e. The van der Waals surface area contributed by atoms with E-state index in [0.29, 0.717) is 43.8 Å². The maximum absolute atomic E-state index is 13.6. The van der Waals surface area contributed by atoms with Gasteiger partial charge in [0.25, 0.3) is 11.5 Å². The number of hydrogen-bond donors (Lipinski definition) is 1. The van der Waals surface area contributed by atoms with E-state index >= 15 is 0 Å². The molecule has 4 heterocycles. The normalized spacial score (nSPS) is 14.3. The van der Waals surface area contributed by atoms with Gasteiger partial charge >= 0.3 is 5.97 Å². The fraction of sp³-hybridized carbons (Fsp3) is 0.321. The first-order valence-corrected chi connectivity index (χ1v) is 12.5. The molecule has 0 bridgehead atoms. The Morgan fingerprint density at radius 1 is 1.08 bits per heavy atom. The number of benzene rings is 1. The van der Waals surface area contributed by atoms with E-state index in [0.717, 1.165) is 11.1 Å². The summed E-state index contributed by atoms with van der Waals surface area (Å²) in [6.45, 7) is 5.04. The number of fused-ring (bicyclic) bond motifs is 2. The molecule has 1 fully saturated rings. The average molecular weight is 500 g/mol. The van der Waals surface area contributed by atoms with Crippen LogP contribution in [0.15, 0.2) is 59.5 Å². The van der Waals surface area contributed by atoms with Crippen molar-refractivity contribution in [2.45, 2.75) is 33.2 Å². The molecule has 3 aromatic heterocycles. The lowest BCUT2D eigenvalue weighted by Gasteiger charge is -2.31. The average Bonchev–Trinajstić information content (AvgIpc) is 2.91. The van der Waals surface area contributed by atoms with Crippen LogP contribution in [0.4, 0.5) is 0 Å². The van der Waals surface area contributed by atoms with E-state index < -0.39 is 0 Å². The van der Waals surface area contributed by atoms with Gasteiger partial charge in [0.2, 0.25) is 0 Å². The van der Waals surface area contributed by atoms with Crippen LogP contribution in [-0.2, 0) is 16.1 Å². The van der Waals surface area contributed by atoms with E-state index in [2.05, 4.69) is 0 Å². The first-order chi connectivity index (χ1) is 17.9. The molecule has 1 aromatic carbocycles. The number of aryl methyl sites for hydroxylation is 1. The Morgan fingerprint density at radius 2 is 1.81 bits per heavy atom. The number of piperidine rings is 1. The lowest BCUT2D eigenvalue weighted by atomic mass is 9.96. The Balaban J connectivity index is 1.62. The molecule has 0 atom stereocenters. The Labute approximate surface area is 213 Å². The fourth-order valence-electron chi connectivity index (χ4n) is 4.93. The summed E-state index contributed by atoms with van der Waals surface area (Å²) >= 11 is 0. The summed E-state index contributed by atoms with van der Waals surface area (Å²) in [6.07, 6.45) is 2.67. The fourth-order valence-corrected chi connectivity index (χ4v) is 4.93. The predicted octanol–water partition coefficient (Wildman–Crippen LogP) is 2.90. The minimum Gasteiger partial charge on any atom is -0.466 e. The predicted molar refractivity (Wildman–Crippen MR) is 138 cm³/mol. The molecule has 1 amide bonds. The first-order valence-electron chi connectivity index (χ1n) is 12.5. The highest BCUT2D eigenvalue weighted by atomic mass is 16.5. The van der Waals surface area contributed by atoms with E-state index in [4.69, 9.17) is 15.1 Å². The number of nitrogens with zero attached hydrogens (tertiary/aromatic N) is 4. The molecular formula is C28H29N5O4. The Morgan fingerprint density at radius 3 is 2.51 bits per heavy atom. The molecule has 190 valence electrons. The van der Waals surface area contributed by atoms with Gasteiger partial charge in [-0.05, 0) is 49.9 Å². The van der Waals surface area contributed by atoms with Crippen molar-refractivity contribution in [1.29, 1.82) is 5.41 Å². The number of hydrogen-bond acceptors (Lipinski definition) is 6. The number of nitrogens with one attached hydrogen (secondary N) is 1. The van der Waals surface area contributed by atoms with Crippen molar-refractivity contribution >= 4 is 28.6 Å². The van der Waals surface area contributed by atoms with Gasteiger partial charge in [0.1, 0.15) is 16.8 Å². The summed E-state index contributed by atoms with van der Waals surface area (Å²) in [7, 11) is 0. The van der Waals surface area contributed by atoms with Gasteiger partial charge in [-0.15, -0.1) is 0 Å². The molecule has 4 aromatic rings. The number of esters is 1. The molecule has 0 unspecified atom stereocenters. The minimum absolute atomic E-state index is 0.00120. The van der Waals surface area contributed by atoms with Crippen molar-refractivity contribution in [1.82, 2.24) is 18.9 Å². The smallest absolute Gasteiger partial charge is 0.309 e. The van der Waals surface area contributed by atoms with Crippen molar-refractivity contribution in [3.8, 4) is 0 Å². The summed E-state index contributed by atoms with van der Waals surface area (Å²) in [5.74, 6) is -0.796. The van der Waals surface area contributed by atoms with Crippen molar-refractivity contribution in [2.75, 3.05) is 19.7 Å². The number of carbonyl (C=O) groups excluding carboxylic acids is 2. The van der Waals surface area contributed by atoms with Crippen LogP contribution in [0.2, 0.25) is 0 Å². The highest BCUT2D eigenvalue weighted by Crippen LogP contribution is 2.21. The molecule has 9 nitrogen and oxygen atoms in total. The van der Waals surface area contributed by atoms with E-state index in [9.17, 15) is 14.4 Å². The number of likely N-dealkylation sites (tertiary alicyclic amines) is 1. The molecule has 9 heteroatoms. The largest absolute Gasteiger partial charge is 0.466 e. The Hall–Kier alpha value is -4.27. The number of pyridine rings is 2. The van der Waals surface area contributed by atoms with E-state index in [1.165, 1.54) is 10.5 Å². The van der Waals surface area contributed by atoms with Gasteiger partial charge in [-0.2, -0.15) is 0 Å². The zero-order chi connectivity index (χ0) is 26.1. The van der Waals surface area contributed by atoms with Crippen LogP contribution in [0.25, 0.3) is 16.7 Å². The van der Waals surface area contributed by atoms with Crippen LogP contribution in [0, 0.1) is 18.3 Å². The quantitative estimate of drug-likeness (QED) is 0.335. The second-order valence-electron chi connectivity index (χ2n) is 9.34. The van der Waals surface area contributed by atoms with Gasteiger partial charge < -0.3 is 14.2 Å². The van der Waals surface area contributed by atoms with Crippen molar-refractivity contribution in [3.63, 3.8) is 0 Å². The van der Waals surface area contributed by atoms with Gasteiger partial charge in [0, 0.05) is 19.3 Å². The SMILES string of the molecule is CCOC(=O)C1CCN(C(=O)c2cc3c(=O)n4cccc(C)c4nc3n(Cc3ccccc3)c2=N)CC1. The molecule has 1 saturated heterocycles. The van der Waals surface area contributed by atoms with E-state index in [1.807, 2.05) is 43.3 Å². The number of rotatable bonds is 5. The van der Waals surface area contributed by atoms with E-state index in [1.54, 1.807) is 28.7 Å². The van der Waals surface area contributed by atoms with Gasteiger partial charge in [0.05, 0.1) is 30.0 Å². The second-order valence-corrected chi connectivity index (χ2v) is 9.34. The van der Waals surface area contributed by atoms with Crippen LogP contribution in [0.1, 0.15) is 41.3 Å². The molecule has 1 aliphatic heterocycles. The maximum atomic E-state index is 13.6. The molecule has 1 N–H and O–H groups in total. The zero-order valence-electron chi connectivity index (χ0n) is 20.9. The van der Waals surface area contributed by atoms with Gasteiger partial charge in [0.15, 0.2) is 0 Å². The van der Waals surface area contributed by atoms with Crippen LogP contribution in [0.3, 0.4) is 0 Å². The third-order valence-electron chi connectivity index (χ3n) is 6.95. The molecule has 1 aliphatic rings. The molecule has 0 radical (unpaired) electrons. The topological polar surface area (TPSA) is 110 Å². The Kier molecular flexibility index (Phi) is 6.60. The van der Waals surface area contributed by atoms with Crippen molar-refractivity contribution in [2.24, 2.45) is 5.92 Å². The van der Waals surface area contributed by atoms with Crippen LogP contribution in [-0.4, -0.2) is 50.4 Å². The lowest BCUT2D eigenvalue weighted by Crippen LogP contribution is -2.43. The summed E-state index contributed by atoms with van der Waals surface area (Å²) in [6, 6.07) is 14.8. The molecule has 0 spiro atoms. The molecular weight excluding hydrogens is 470 g/mol. The third-order valence-corrected chi connectivity index (χ3v) is 6.95. The van der Waals surface area contributed by atoms with Crippen molar-refractivity contribution in [3.05, 3.63) is 87.3 Å². The molecule has 0 aliphatic carbocycles. The summed E-state index contributed by atoms with van der Waals surface area (Å²) in [5.41, 5.74) is 2.49. The molecule has 0 saturated carbocycles. The van der Waals surface area contributed by atoms with Crippen LogP contribution < -0.4 is 11.0 Å². The number of aromatic nitrogens is 3. The number of carbonyl (C=O) groups is 2. The molecule has 5 rings (SSSR count). The Bertz CT molecular complexity index is 1620. The molecule has 37 heavy (non-hydrogen) atoms. The van der Waals surface area contributed by atoms with Crippen molar-refractivity contribution < 1.29 is 14.3 Å². The third kappa shape index (κ3) is 4.52. The second kappa shape index (κ2) is 10.0. The van der Waals surface area contributed by atoms with Crippen LogP contribution in [0.5, 0.6) is 0 Å². The zero-order valence-corrected chi connectivity index (χ0v) is 20.9.